The molecule has 2 heterocycles. The first-order valence-corrected chi connectivity index (χ1v) is 8.10. The van der Waals surface area contributed by atoms with Gasteiger partial charge in [-0.05, 0) is 31.7 Å². The molecule has 19 heavy (non-hydrogen) atoms. The van der Waals surface area contributed by atoms with Gasteiger partial charge in [-0.2, -0.15) is 0 Å². The lowest BCUT2D eigenvalue weighted by atomic mass is 9.99. The van der Waals surface area contributed by atoms with E-state index >= 15 is 0 Å². The van der Waals surface area contributed by atoms with Crippen LogP contribution in [0, 0.1) is 5.92 Å². The molecule has 5 heteroatoms. The molecular weight excluding hydrogens is 258 g/mol. The van der Waals surface area contributed by atoms with Gasteiger partial charge in [-0.3, -0.25) is 0 Å². The average molecular weight is 283 g/mol. The van der Waals surface area contributed by atoms with E-state index in [1.807, 2.05) is 0 Å². The summed E-state index contributed by atoms with van der Waals surface area (Å²) in [6, 6.07) is 0. The zero-order valence-electron chi connectivity index (χ0n) is 12.0. The lowest BCUT2D eigenvalue weighted by Crippen LogP contribution is -2.37. The van der Waals surface area contributed by atoms with Gasteiger partial charge >= 0.3 is 0 Å². The minimum Gasteiger partial charge on any atom is -0.384 e. The molecule has 1 aliphatic rings. The maximum Gasteiger partial charge on any atom is 0.185 e. The predicted octanol–water partition coefficient (Wildman–Crippen LogP) is 2.51. The number of aromatic nitrogens is 1. The van der Waals surface area contributed by atoms with Crippen molar-refractivity contribution in [1.82, 2.24) is 10.3 Å². The molecular formula is C14H25N3OS. The van der Waals surface area contributed by atoms with E-state index in [2.05, 4.69) is 22.5 Å². The van der Waals surface area contributed by atoms with Gasteiger partial charge in [0, 0.05) is 32.1 Å². The molecule has 1 unspecified atom stereocenters. The van der Waals surface area contributed by atoms with Crippen molar-refractivity contribution in [3.63, 3.8) is 0 Å². The highest BCUT2D eigenvalue weighted by molar-refractivity contribution is 7.13. The van der Waals surface area contributed by atoms with Gasteiger partial charge in [0.25, 0.3) is 0 Å². The van der Waals surface area contributed by atoms with E-state index in [0.29, 0.717) is 5.92 Å². The maximum absolute atomic E-state index is 5.28. The molecule has 1 N–H and O–H groups in total. The van der Waals surface area contributed by atoms with E-state index in [1.54, 1.807) is 18.4 Å². The van der Waals surface area contributed by atoms with Gasteiger partial charge in [-0.25, -0.2) is 4.98 Å². The van der Waals surface area contributed by atoms with Crippen molar-refractivity contribution < 1.29 is 4.74 Å². The summed E-state index contributed by atoms with van der Waals surface area (Å²) in [6.07, 6.45) is 3.69. The number of nitrogens with zero attached hydrogens (tertiary/aromatic N) is 2. The Morgan fingerprint density at radius 3 is 3.26 bits per heavy atom. The van der Waals surface area contributed by atoms with Gasteiger partial charge in [0.2, 0.25) is 0 Å². The maximum atomic E-state index is 5.28. The monoisotopic (exact) mass is 283 g/mol. The third kappa shape index (κ3) is 4.44. The summed E-state index contributed by atoms with van der Waals surface area (Å²) in [5.74, 6) is 0.657. The van der Waals surface area contributed by atoms with Crippen LogP contribution in [0.15, 0.2) is 5.38 Å². The smallest absolute Gasteiger partial charge is 0.185 e. The minimum absolute atomic E-state index is 0.657. The second kappa shape index (κ2) is 7.82. The molecule has 2 rings (SSSR count). The highest BCUT2D eigenvalue weighted by Gasteiger charge is 2.21. The van der Waals surface area contributed by atoms with Gasteiger partial charge in [-0.1, -0.05) is 6.92 Å². The van der Waals surface area contributed by atoms with Crippen LogP contribution in [0.3, 0.4) is 0 Å². The molecule has 0 bridgehead atoms. The highest BCUT2D eigenvalue weighted by atomic mass is 32.1. The highest BCUT2D eigenvalue weighted by Crippen LogP contribution is 2.26. The normalized spacial score (nSPS) is 19.9. The predicted molar refractivity (Wildman–Crippen MR) is 80.9 cm³/mol. The Hall–Kier alpha value is -0.650. The Morgan fingerprint density at radius 2 is 2.47 bits per heavy atom. The van der Waals surface area contributed by atoms with Crippen LogP contribution in [0.1, 0.15) is 31.9 Å². The summed E-state index contributed by atoms with van der Waals surface area (Å²) in [4.78, 5) is 7.16. The first-order valence-electron chi connectivity index (χ1n) is 7.22. The van der Waals surface area contributed by atoms with Crippen molar-refractivity contribution in [2.24, 2.45) is 5.92 Å². The minimum atomic E-state index is 0.657. The number of hydrogen-bond donors (Lipinski definition) is 1. The van der Waals surface area contributed by atoms with Crippen molar-refractivity contribution in [3.8, 4) is 0 Å². The molecule has 1 aromatic rings. The first kappa shape index (κ1) is 14.8. The standard InChI is InChI=1S/C14H25N3OS/c1-3-6-15-8-13-11-19-14(16-13)17-7-4-5-12(9-17)10-18-2/h11-12,15H,3-10H2,1-2H3. The molecule has 1 fully saturated rings. The van der Waals surface area contributed by atoms with Crippen LogP contribution >= 0.6 is 11.3 Å². The van der Waals surface area contributed by atoms with Crippen molar-refractivity contribution in [2.45, 2.75) is 32.7 Å². The van der Waals surface area contributed by atoms with Crippen molar-refractivity contribution in [2.75, 3.05) is 38.3 Å². The molecule has 0 spiro atoms. The Labute approximate surface area is 120 Å². The van der Waals surface area contributed by atoms with Crippen LogP contribution < -0.4 is 10.2 Å². The second-order valence-electron chi connectivity index (χ2n) is 5.21. The number of rotatable bonds is 7. The fourth-order valence-electron chi connectivity index (χ4n) is 2.53. The third-order valence-corrected chi connectivity index (χ3v) is 4.41. The van der Waals surface area contributed by atoms with E-state index in [0.717, 1.165) is 32.8 Å². The van der Waals surface area contributed by atoms with E-state index < -0.39 is 0 Å². The van der Waals surface area contributed by atoms with E-state index in [1.165, 1.54) is 30.1 Å². The summed E-state index contributed by atoms with van der Waals surface area (Å²) in [5.41, 5.74) is 1.17. The topological polar surface area (TPSA) is 37.4 Å². The molecule has 108 valence electrons. The van der Waals surface area contributed by atoms with Crippen LogP contribution in [-0.2, 0) is 11.3 Å². The van der Waals surface area contributed by atoms with Crippen LogP contribution in [0.25, 0.3) is 0 Å². The summed E-state index contributed by atoms with van der Waals surface area (Å²) in [5, 5.41) is 6.76. The molecule has 4 nitrogen and oxygen atoms in total. The molecule has 0 saturated carbocycles. The van der Waals surface area contributed by atoms with Crippen LogP contribution in [-0.4, -0.2) is 38.3 Å². The number of nitrogens with one attached hydrogen (secondary N) is 1. The van der Waals surface area contributed by atoms with Crippen LogP contribution in [0.2, 0.25) is 0 Å². The molecule has 0 amide bonds. The van der Waals surface area contributed by atoms with Crippen LogP contribution in [0.5, 0.6) is 0 Å². The zero-order valence-corrected chi connectivity index (χ0v) is 12.8. The van der Waals surface area contributed by atoms with E-state index in [-0.39, 0.29) is 0 Å². The summed E-state index contributed by atoms with van der Waals surface area (Å²) in [6.45, 7) is 7.22. The van der Waals surface area contributed by atoms with E-state index in [9.17, 15) is 0 Å². The van der Waals surface area contributed by atoms with Gasteiger partial charge in [0.1, 0.15) is 0 Å². The summed E-state index contributed by atoms with van der Waals surface area (Å²) >= 11 is 1.77. The quantitative estimate of drug-likeness (QED) is 0.780. The number of ether oxygens (including phenoxy) is 1. The first-order chi connectivity index (χ1) is 9.33. The number of piperidine rings is 1. The molecule has 1 saturated heterocycles. The third-order valence-electron chi connectivity index (χ3n) is 3.46. The summed E-state index contributed by atoms with van der Waals surface area (Å²) < 4.78 is 5.28. The Kier molecular flexibility index (Phi) is 6.07. The Balaban J connectivity index is 1.86. The average Bonchev–Trinajstić information content (AvgIpc) is 2.89. The lowest BCUT2D eigenvalue weighted by molar-refractivity contribution is 0.143. The second-order valence-corrected chi connectivity index (χ2v) is 6.04. The van der Waals surface area contributed by atoms with E-state index in [4.69, 9.17) is 9.72 Å². The van der Waals surface area contributed by atoms with Crippen LogP contribution in [0.4, 0.5) is 5.13 Å². The van der Waals surface area contributed by atoms with Gasteiger partial charge in [0.15, 0.2) is 5.13 Å². The fourth-order valence-corrected chi connectivity index (χ4v) is 3.39. The number of thiazole rings is 1. The zero-order chi connectivity index (χ0) is 13.5. The number of hydrogen-bond acceptors (Lipinski definition) is 5. The molecule has 1 atom stereocenters. The lowest BCUT2D eigenvalue weighted by Gasteiger charge is -2.32. The largest absolute Gasteiger partial charge is 0.384 e. The van der Waals surface area contributed by atoms with Crippen molar-refractivity contribution in [1.29, 1.82) is 0 Å². The van der Waals surface area contributed by atoms with Crippen molar-refractivity contribution >= 4 is 16.5 Å². The number of methoxy groups -OCH3 is 1. The summed E-state index contributed by atoms with van der Waals surface area (Å²) in [7, 11) is 1.79. The molecule has 0 aliphatic carbocycles. The van der Waals surface area contributed by atoms with Gasteiger partial charge in [0.05, 0.1) is 12.3 Å². The SMILES string of the molecule is CCCNCc1csc(N2CCCC(COC)C2)n1. The molecule has 1 aromatic heterocycles. The fraction of sp³-hybridized carbons (Fsp3) is 0.786. The molecule has 0 radical (unpaired) electrons. The molecule has 1 aliphatic heterocycles. The Bertz CT molecular complexity index is 367. The van der Waals surface area contributed by atoms with Crippen molar-refractivity contribution in [3.05, 3.63) is 11.1 Å². The van der Waals surface area contributed by atoms with Gasteiger partial charge < -0.3 is 15.0 Å². The van der Waals surface area contributed by atoms with Gasteiger partial charge in [-0.15, -0.1) is 11.3 Å². The Morgan fingerprint density at radius 1 is 1.58 bits per heavy atom. The molecule has 0 aromatic carbocycles. The number of anilines is 1.